The number of ether oxygens (including phenoxy) is 1. The molecule has 1 aliphatic carbocycles. The monoisotopic (exact) mass is 471 g/mol. The zero-order valence-corrected chi connectivity index (χ0v) is 20.6. The fraction of sp³-hybridized carbons (Fsp3) is 0.826. The Morgan fingerprint density at radius 3 is 2.03 bits per heavy atom. The van der Waals surface area contributed by atoms with Gasteiger partial charge in [0.15, 0.2) is 6.04 Å². The van der Waals surface area contributed by atoms with Crippen LogP contribution in [0.4, 0.5) is 4.79 Å². The first-order valence-electron chi connectivity index (χ1n) is 11.7. The van der Waals surface area contributed by atoms with Crippen LogP contribution in [0.3, 0.4) is 0 Å². The second-order valence-electron chi connectivity index (χ2n) is 10.0. The first-order valence-corrected chi connectivity index (χ1v) is 11.7. The molecule has 1 fully saturated rings. The molecule has 3 amide bonds. The van der Waals surface area contributed by atoms with E-state index in [2.05, 4.69) is 16.0 Å². The molecule has 5 N–H and O–H groups in total. The summed E-state index contributed by atoms with van der Waals surface area (Å²) >= 11 is 0. The highest BCUT2D eigenvalue weighted by atomic mass is 16.6. The summed E-state index contributed by atoms with van der Waals surface area (Å²) in [6.45, 7) is 10.9. The smallest absolute Gasteiger partial charge is 0.408 e. The largest absolute Gasteiger partial charge is 0.480 e. The number of hydrogen-bond donors (Lipinski definition) is 5. The lowest BCUT2D eigenvalue weighted by atomic mass is 9.81. The molecular weight excluding hydrogens is 430 g/mol. The third-order valence-electron chi connectivity index (χ3n) is 6.00. The molecule has 0 radical (unpaired) electrons. The molecule has 0 saturated heterocycles. The van der Waals surface area contributed by atoms with E-state index < -0.39 is 35.9 Å². The number of amides is 3. The number of alkyl carbamates (subject to hydrolysis) is 1. The van der Waals surface area contributed by atoms with Gasteiger partial charge in [0.1, 0.15) is 11.6 Å². The Morgan fingerprint density at radius 2 is 1.58 bits per heavy atom. The predicted octanol–water partition coefficient (Wildman–Crippen LogP) is 1.80. The standard InChI is InChI=1S/C23H41N3O7/c1-7-13(2)17(26-22(32)33-23(4,5)6)20(29)24-12-15-8-10-16(11-9-15)19(28)25-18(14(3)27)21(30)31/h13-18,27H,7-12H2,1-6H3,(H,24,29)(H,25,28)(H,26,32)(H,30,31)/t13-,14+,15?,16?,17-,18-/m0/s1. The van der Waals surface area contributed by atoms with Gasteiger partial charge >= 0.3 is 12.1 Å². The van der Waals surface area contributed by atoms with Crippen LogP contribution in [0.15, 0.2) is 0 Å². The molecule has 0 aromatic rings. The van der Waals surface area contributed by atoms with Crippen LogP contribution in [-0.2, 0) is 19.1 Å². The minimum Gasteiger partial charge on any atom is -0.480 e. The first-order chi connectivity index (χ1) is 15.2. The number of aliphatic hydroxyl groups excluding tert-OH is 1. The maximum absolute atomic E-state index is 12.8. The molecule has 33 heavy (non-hydrogen) atoms. The number of carboxylic acids is 1. The lowest BCUT2D eigenvalue weighted by molar-refractivity contribution is -0.145. The average Bonchev–Trinajstić information content (AvgIpc) is 2.72. The van der Waals surface area contributed by atoms with Crippen LogP contribution >= 0.6 is 0 Å². The Morgan fingerprint density at radius 1 is 1.00 bits per heavy atom. The highest BCUT2D eigenvalue weighted by molar-refractivity contribution is 5.86. The summed E-state index contributed by atoms with van der Waals surface area (Å²) < 4.78 is 5.28. The van der Waals surface area contributed by atoms with Gasteiger partial charge in [-0.2, -0.15) is 0 Å². The Kier molecular flexibility index (Phi) is 11.1. The number of aliphatic carboxylic acids is 1. The van der Waals surface area contributed by atoms with Gasteiger partial charge in [0.05, 0.1) is 6.10 Å². The summed E-state index contributed by atoms with van der Waals surface area (Å²) in [5.41, 5.74) is -0.662. The first kappa shape index (κ1) is 28.7. The summed E-state index contributed by atoms with van der Waals surface area (Å²) in [5.74, 6) is -2.12. The van der Waals surface area contributed by atoms with Crippen LogP contribution in [0, 0.1) is 17.8 Å². The summed E-state index contributed by atoms with van der Waals surface area (Å²) in [4.78, 5) is 48.5. The Bertz CT molecular complexity index is 682. The second kappa shape index (κ2) is 12.8. The molecule has 190 valence electrons. The molecule has 10 heteroatoms. The minimum absolute atomic E-state index is 0.0759. The van der Waals surface area contributed by atoms with Crippen LogP contribution < -0.4 is 16.0 Å². The van der Waals surface area contributed by atoms with E-state index in [0.29, 0.717) is 38.6 Å². The van der Waals surface area contributed by atoms with Gasteiger partial charge in [-0.05, 0) is 65.2 Å². The number of carbonyl (C=O) groups is 4. The highest BCUT2D eigenvalue weighted by Crippen LogP contribution is 2.28. The van der Waals surface area contributed by atoms with E-state index in [4.69, 9.17) is 9.84 Å². The zero-order valence-electron chi connectivity index (χ0n) is 20.6. The van der Waals surface area contributed by atoms with E-state index in [-0.39, 0.29) is 29.6 Å². The van der Waals surface area contributed by atoms with Crippen molar-refractivity contribution in [3.05, 3.63) is 0 Å². The maximum atomic E-state index is 12.8. The van der Waals surface area contributed by atoms with Gasteiger partial charge in [0.2, 0.25) is 11.8 Å². The lowest BCUT2D eigenvalue weighted by Gasteiger charge is -2.30. The van der Waals surface area contributed by atoms with Crippen LogP contribution in [0.25, 0.3) is 0 Å². The van der Waals surface area contributed by atoms with Crippen molar-refractivity contribution in [3.63, 3.8) is 0 Å². The van der Waals surface area contributed by atoms with E-state index in [9.17, 15) is 24.3 Å². The van der Waals surface area contributed by atoms with E-state index in [1.165, 1.54) is 6.92 Å². The molecule has 0 heterocycles. The van der Waals surface area contributed by atoms with Crippen molar-refractivity contribution in [1.82, 2.24) is 16.0 Å². The molecule has 0 aromatic heterocycles. The van der Waals surface area contributed by atoms with Crippen LogP contribution in [-0.4, -0.2) is 64.4 Å². The van der Waals surface area contributed by atoms with Gasteiger partial charge in [-0.25, -0.2) is 9.59 Å². The Hall–Kier alpha value is -2.36. The van der Waals surface area contributed by atoms with Crippen LogP contribution in [0.2, 0.25) is 0 Å². The zero-order chi connectivity index (χ0) is 25.3. The van der Waals surface area contributed by atoms with Gasteiger partial charge in [-0.3, -0.25) is 9.59 Å². The second-order valence-corrected chi connectivity index (χ2v) is 10.0. The van der Waals surface area contributed by atoms with Crippen molar-refractivity contribution in [2.45, 2.75) is 97.4 Å². The van der Waals surface area contributed by atoms with E-state index >= 15 is 0 Å². The quantitative estimate of drug-likeness (QED) is 0.325. The molecule has 0 unspecified atom stereocenters. The highest BCUT2D eigenvalue weighted by Gasteiger charge is 2.32. The van der Waals surface area contributed by atoms with Gasteiger partial charge in [0.25, 0.3) is 0 Å². The van der Waals surface area contributed by atoms with E-state index in [0.717, 1.165) is 0 Å². The summed E-state index contributed by atoms with van der Waals surface area (Å²) in [7, 11) is 0. The SMILES string of the molecule is CC[C@H](C)[C@H](NC(=O)OC(C)(C)C)C(=O)NCC1CCC(C(=O)N[C@H](C(=O)O)[C@@H](C)O)CC1. The molecule has 4 atom stereocenters. The molecule has 1 rings (SSSR count). The maximum Gasteiger partial charge on any atom is 0.408 e. The normalized spacial score (nSPS) is 22.3. The summed E-state index contributed by atoms with van der Waals surface area (Å²) in [6, 6.07) is -2.04. The van der Waals surface area contributed by atoms with Gasteiger partial charge in [0, 0.05) is 12.5 Å². The molecule has 10 nitrogen and oxygen atoms in total. The van der Waals surface area contributed by atoms with Crippen molar-refractivity contribution in [2.24, 2.45) is 17.8 Å². The van der Waals surface area contributed by atoms with Gasteiger partial charge in [-0.1, -0.05) is 20.3 Å². The Balaban J connectivity index is 2.55. The number of carboxylic acid groups (broad SMARTS) is 1. The van der Waals surface area contributed by atoms with Gasteiger partial charge < -0.3 is 30.9 Å². The van der Waals surface area contributed by atoms with Crippen molar-refractivity contribution >= 4 is 23.9 Å². The average molecular weight is 472 g/mol. The third kappa shape index (κ3) is 9.98. The lowest BCUT2D eigenvalue weighted by Crippen LogP contribution is -2.52. The molecular formula is C23H41N3O7. The fourth-order valence-electron chi connectivity index (χ4n) is 3.78. The topological polar surface area (TPSA) is 154 Å². The molecule has 1 aliphatic rings. The molecule has 0 aliphatic heterocycles. The number of carbonyl (C=O) groups excluding carboxylic acids is 3. The predicted molar refractivity (Wildman–Crippen MR) is 122 cm³/mol. The minimum atomic E-state index is -1.33. The van der Waals surface area contributed by atoms with Crippen molar-refractivity contribution in [3.8, 4) is 0 Å². The molecule has 0 bridgehead atoms. The van der Waals surface area contributed by atoms with E-state index in [1.54, 1.807) is 20.8 Å². The molecule has 1 saturated carbocycles. The number of nitrogens with one attached hydrogen (secondary N) is 3. The van der Waals surface area contributed by atoms with Crippen LogP contribution in [0.5, 0.6) is 0 Å². The van der Waals surface area contributed by atoms with Crippen LogP contribution in [0.1, 0.15) is 73.6 Å². The van der Waals surface area contributed by atoms with Gasteiger partial charge in [-0.15, -0.1) is 0 Å². The summed E-state index contributed by atoms with van der Waals surface area (Å²) in [6.07, 6.45) is 1.44. The number of aliphatic hydroxyl groups is 1. The summed E-state index contributed by atoms with van der Waals surface area (Å²) in [5, 5.41) is 26.7. The molecule has 0 spiro atoms. The number of hydrogen-bond acceptors (Lipinski definition) is 6. The number of rotatable bonds is 10. The van der Waals surface area contributed by atoms with Crippen molar-refractivity contribution < 1.29 is 34.1 Å². The van der Waals surface area contributed by atoms with E-state index in [1.807, 2.05) is 13.8 Å². The van der Waals surface area contributed by atoms with Crippen molar-refractivity contribution in [1.29, 1.82) is 0 Å². The Labute approximate surface area is 196 Å². The fourth-order valence-corrected chi connectivity index (χ4v) is 3.78. The van der Waals surface area contributed by atoms with Crippen molar-refractivity contribution in [2.75, 3.05) is 6.54 Å². The molecule has 0 aromatic carbocycles. The third-order valence-corrected chi connectivity index (χ3v) is 6.00.